The van der Waals surface area contributed by atoms with Crippen LogP contribution in [0.4, 0.5) is 4.79 Å². The number of rotatable bonds is 14. The number of amides is 1. The van der Waals surface area contributed by atoms with Gasteiger partial charge in [0, 0.05) is 36.5 Å². The molecule has 6 aromatic rings. The first-order chi connectivity index (χ1) is 26.1. The van der Waals surface area contributed by atoms with Gasteiger partial charge in [0.25, 0.3) is 0 Å². The highest BCUT2D eigenvalue weighted by molar-refractivity contribution is 5.78. The maximum Gasteiger partial charge on any atom is 0.416 e. The molecule has 0 fully saturated rings. The summed E-state index contributed by atoms with van der Waals surface area (Å²) in [5.74, 6) is 1.48. The van der Waals surface area contributed by atoms with Crippen LogP contribution in [-0.4, -0.2) is 61.8 Å². The molecule has 54 heavy (non-hydrogen) atoms. The quantitative estimate of drug-likeness (QED) is 0.114. The molecule has 1 atom stereocenters. The lowest BCUT2D eigenvalue weighted by molar-refractivity contribution is -0.138. The lowest BCUT2D eigenvalue weighted by atomic mass is 9.95. The van der Waals surface area contributed by atoms with Gasteiger partial charge in [0.2, 0.25) is 0 Å². The number of carboxylic acids is 1. The monoisotopic (exact) mass is 729 g/mol. The number of aromatic nitrogens is 4. The first-order valence-corrected chi connectivity index (χ1v) is 17.8. The topological polar surface area (TPSA) is 132 Å². The molecule has 0 saturated carbocycles. The molecule has 2 N–H and O–H groups in total. The molecule has 0 saturated heterocycles. The summed E-state index contributed by atoms with van der Waals surface area (Å²) in [6.07, 6.45) is 4.26. The molecule has 0 unspecified atom stereocenters. The van der Waals surface area contributed by atoms with E-state index >= 15 is 0 Å². The van der Waals surface area contributed by atoms with Crippen LogP contribution in [0.1, 0.15) is 43.3 Å². The number of aliphatic carboxylic acids is 1. The molecule has 1 amide bonds. The Morgan fingerprint density at radius 2 is 1.46 bits per heavy atom. The Kier molecular flexibility index (Phi) is 13.6. The number of carbonyl (C=O) groups is 2. The molecule has 0 radical (unpaired) electrons. The van der Waals surface area contributed by atoms with Crippen LogP contribution < -0.4 is 14.2 Å². The van der Waals surface area contributed by atoms with E-state index < -0.39 is 24.6 Å². The lowest BCUT2D eigenvalue weighted by Gasteiger charge is -2.31. The third-order valence-corrected chi connectivity index (χ3v) is 8.56. The number of carboxylic acid groups (broad SMARTS) is 1. The third-order valence-electron chi connectivity index (χ3n) is 8.56. The van der Waals surface area contributed by atoms with Gasteiger partial charge in [-0.05, 0) is 61.2 Å². The fourth-order valence-corrected chi connectivity index (χ4v) is 5.84. The number of methoxy groups -OCH3 is 1. The number of hydrogen-bond donors (Lipinski definition) is 2. The highest BCUT2D eigenvalue weighted by Gasteiger charge is 2.30. The van der Waals surface area contributed by atoms with Crippen LogP contribution in [-0.2, 0) is 18.3 Å². The van der Waals surface area contributed by atoms with E-state index in [0.29, 0.717) is 36.7 Å². The summed E-state index contributed by atoms with van der Waals surface area (Å²) in [4.78, 5) is 38.6. The van der Waals surface area contributed by atoms with E-state index in [-0.39, 0.29) is 5.92 Å². The molecule has 11 heteroatoms. The van der Waals surface area contributed by atoms with Crippen molar-refractivity contribution in [1.82, 2.24) is 24.4 Å². The second-order valence-electron chi connectivity index (χ2n) is 13.2. The van der Waals surface area contributed by atoms with E-state index in [0.717, 1.165) is 39.6 Å². The molecular formula is C43H47N5O6. The van der Waals surface area contributed by atoms with Crippen LogP contribution in [0.15, 0.2) is 122 Å². The minimum atomic E-state index is -1.13. The van der Waals surface area contributed by atoms with Crippen molar-refractivity contribution in [3.63, 3.8) is 0 Å². The van der Waals surface area contributed by atoms with Crippen molar-refractivity contribution in [2.24, 2.45) is 13.0 Å². The van der Waals surface area contributed by atoms with Crippen molar-refractivity contribution in [1.29, 1.82) is 0 Å². The Bertz CT molecular complexity index is 2060. The van der Waals surface area contributed by atoms with Crippen LogP contribution in [0.25, 0.3) is 22.6 Å². The Labute approximate surface area is 316 Å². The number of hydrogen-bond acceptors (Lipinski definition) is 7. The molecule has 4 aromatic carbocycles. The number of ether oxygens (including phenoxy) is 3. The molecule has 0 aliphatic rings. The number of benzene rings is 4. The zero-order valence-electron chi connectivity index (χ0n) is 31.3. The highest BCUT2D eigenvalue weighted by Crippen LogP contribution is 2.31. The molecule has 0 bridgehead atoms. The zero-order chi connectivity index (χ0) is 38.5. The van der Waals surface area contributed by atoms with Crippen molar-refractivity contribution in [3.8, 4) is 39.9 Å². The van der Waals surface area contributed by atoms with Crippen molar-refractivity contribution >= 4 is 12.1 Å². The van der Waals surface area contributed by atoms with Gasteiger partial charge in [-0.3, -0.25) is 9.69 Å². The SMILES string of the molecule is COc1ccc(OC(=O)N(CC(=O)O)[C@@H](CC(C)C)c2ccc(OCCc3nc(-c4ccccc4)[nH]c3C)cc2)cc1.Cn1cnc(-c2ccccc2)c1. The van der Waals surface area contributed by atoms with Gasteiger partial charge in [0.05, 0.1) is 37.5 Å². The van der Waals surface area contributed by atoms with Crippen LogP contribution >= 0.6 is 0 Å². The van der Waals surface area contributed by atoms with Gasteiger partial charge >= 0.3 is 12.1 Å². The van der Waals surface area contributed by atoms with Crippen LogP contribution in [0.3, 0.4) is 0 Å². The second-order valence-corrected chi connectivity index (χ2v) is 13.2. The fraction of sp³-hybridized carbons (Fsp3) is 0.256. The number of aromatic amines is 1. The minimum Gasteiger partial charge on any atom is -0.497 e. The van der Waals surface area contributed by atoms with Gasteiger partial charge in [0.15, 0.2) is 0 Å². The first kappa shape index (κ1) is 38.9. The largest absolute Gasteiger partial charge is 0.497 e. The molecule has 2 aromatic heterocycles. The Hall–Kier alpha value is -6.36. The van der Waals surface area contributed by atoms with Gasteiger partial charge in [-0.2, -0.15) is 0 Å². The molecule has 0 aliphatic carbocycles. The predicted octanol–water partition coefficient (Wildman–Crippen LogP) is 8.78. The van der Waals surface area contributed by atoms with E-state index in [1.807, 2.05) is 118 Å². The molecule has 11 nitrogen and oxygen atoms in total. The number of imidazole rings is 2. The predicted molar refractivity (Wildman–Crippen MR) is 209 cm³/mol. The van der Waals surface area contributed by atoms with Crippen LogP contribution in [0, 0.1) is 12.8 Å². The van der Waals surface area contributed by atoms with E-state index in [1.165, 1.54) is 4.90 Å². The number of aryl methyl sites for hydroxylation is 2. The molecule has 2 heterocycles. The number of nitrogens with one attached hydrogen (secondary N) is 1. The highest BCUT2D eigenvalue weighted by atomic mass is 16.6. The van der Waals surface area contributed by atoms with Crippen molar-refractivity contribution in [3.05, 3.63) is 139 Å². The van der Waals surface area contributed by atoms with E-state index in [4.69, 9.17) is 19.2 Å². The fourth-order valence-electron chi connectivity index (χ4n) is 5.84. The summed E-state index contributed by atoms with van der Waals surface area (Å²) in [6.45, 7) is 5.99. The van der Waals surface area contributed by atoms with Gasteiger partial charge < -0.3 is 28.9 Å². The Morgan fingerprint density at radius 3 is 2.04 bits per heavy atom. The minimum absolute atomic E-state index is 0.189. The standard InChI is InChI=1S/C33H37N3O6.C10H10N2/c1-22(2)20-30(36(21-31(37)38)33(39)42-28-16-14-26(40-4)15-17-28)24-10-12-27(13-11-24)41-19-18-29-23(3)34-32(35-29)25-8-6-5-7-9-25;1-12-7-10(11-8-12)9-5-3-2-4-6-9/h5-17,22,30H,18-21H2,1-4H3,(H,34,35)(H,37,38);2-8H,1H3/t30-;/m0./s1. The molecule has 0 spiro atoms. The number of nitrogens with zero attached hydrogens (tertiary/aromatic N) is 4. The Balaban J connectivity index is 0.000000392. The number of H-pyrrole nitrogens is 1. The maximum absolute atomic E-state index is 13.2. The van der Waals surface area contributed by atoms with Crippen LogP contribution in [0.5, 0.6) is 17.2 Å². The van der Waals surface area contributed by atoms with Crippen LogP contribution in [0.2, 0.25) is 0 Å². The normalized spacial score (nSPS) is 11.3. The molecule has 6 rings (SSSR count). The zero-order valence-corrected chi connectivity index (χ0v) is 31.3. The average Bonchev–Trinajstić information content (AvgIpc) is 3.79. The van der Waals surface area contributed by atoms with Gasteiger partial charge in [0.1, 0.15) is 29.6 Å². The van der Waals surface area contributed by atoms with E-state index in [2.05, 4.69) is 22.1 Å². The number of carbonyl (C=O) groups excluding carboxylic acids is 1. The summed E-state index contributed by atoms with van der Waals surface area (Å²) in [5.41, 5.74) is 5.96. The maximum atomic E-state index is 13.2. The van der Waals surface area contributed by atoms with E-state index in [1.54, 1.807) is 31.4 Å². The van der Waals surface area contributed by atoms with Gasteiger partial charge in [-0.15, -0.1) is 0 Å². The Morgan fingerprint density at radius 1 is 0.852 bits per heavy atom. The summed E-state index contributed by atoms with van der Waals surface area (Å²) < 4.78 is 18.7. The average molecular weight is 730 g/mol. The van der Waals surface area contributed by atoms with Crippen molar-refractivity contribution in [2.75, 3.05) is 20.3 Å². The summed E-state index contributed by atoms with van der Waals surface area (Å²) in [6, 6.07) is 33.6. The molecule has 0 aliphatic heterocycles. The summed E-state index contributed by atoms with van der Waals surface area (Å²) >= 11 is 0. The van der Waals surface area contributed by atoms with Crippen molar-refractivity contribution < 1.29 is 28.9 Å². The van der Waals surface area contributed by atoms with Gasteiger partial charge in [-0.1, -0.05) is 86.6 Å². The van der Waals surface area contributed by atoms with E-state index in [9.17, 15) is 14.7 Å². The van der Waals surface area contributed by atoms with Gasteiger partial charge in [-0.25, -0.2) is 14.8 Å². The van der Waals surface area contributed by atoms with Crippen molar-refractivity contribution in [2.45, 2.75) is 39.7 Å². The molecular weight excluding hydrogens is 683 g/mol. The summed E-state index contributed by atoms with van der Waals surface area (Å²) in [7, 11) is 3.52. The third kappa shape index (κ3) is 11.1. The smallest absolute Gasteiger partial charge is 0.416 e. The second kappa shape index (κ2) is 18.9. The lowest BCUT2D eigenvalue weighted by Crippen LogP contribution is -2.41. The first-order valence-electron chi connectivity index (χ1n) is 17.8. The summed E-state index contributed by atoms with van der Waals surface area (Å²) in [5, 5.41) is 9.62. The molecule has 280 valence electrons.